The highest BCUT2D eigenvalue weighted by Gasteiger charge is 2.52. The topological polar surface area (TPSA) is 40.6 Å². The Labute approximate surface area is 113 Å². The Hall–Kier alpha value is -0.775. The predicted molar refractivity (Wildman–Crippen MR) is 71.5 cm³/mol. The van der Waals surface area contributed by atoms with Crippen LogP contribution in [0.15, 0.2) is 12.4 Å². The van der Waals surface area contributed by atoms with Crippen LogP contribution in [0.25, 0.3) is 0 Å². The van der Waals surface area contributed by atoms with E-state index in [0.717, 1.165) is 0 Å². The summed E-state index contributed by atoms with van der Waals surface area (Å²) in [5.74, 6) is 0.546. The van der Waals surface area contributed by atoms with E-state index in [0.29, 0.717) is 16.2 Å². The van der Waals surface area contributed by atoms with Crippen molar-refractivity contribution in [2.75, 3.05) is 7.11 Å². The lowest BCUT2D eigenvalue weighted by atomic mass is 9.79. The Balaban J connectivity index is 2.38. The number of halogens is 1. The molecule has 1 fully saturated rings. The number of ether oxygens (including phenoxy) is 1. The number of pyridine rings is 1. The summed E-state index contributed by atoms with van der Waals surface area (Å²) in [7, 11) is 1.05. The second-order valence-electron chi connectivity index (χ2n) is 5.33. The lowest BCUT2D eigenvalue weighted by Gasteiger charge is -2.32. The molecule has 4 nitrogen and oxygen atoms in total. The number of hydrogen-bond donors (Lipinski definition) is 0. The maximum absolute atomic E-state index is 6.05. The smallest absolute Gasteiger partial charge is 0.495 e. The van der Waals surface area contributed by atoms with E-state index in [1.165, 1.54) is 6.20 Å². The molecule has 0 amide bonds. The minimum atomic E-state index is -0.517. The van der Waals surface area contributed by atoms with E-state index >= 15 is 0 Å². The van der Waals surface area contributed by atoms with Gasteiger partial charge in [-0.3, -0.25) is 4.98 Å². The van der Waals surface area contributed by atoms with E-state index in [2.05, 4.69) is 4.98 Å². The Bertz CT molecular complexity index is 449. The molecule has 0 spiro atoms. The highest BCUT2D eigenvalue weighted by atomic mass is 35.5. The Morgan fingerprint density at radius 2 is 1.72 bits per heavy atom. The number of methoxy groups -OCH3 is 1. The zero-order valence-corrected chi connectivity index (χ0v) is 12.0. The number of hydrogen-bond acceptors (Lipinski definition) is 4. The lowest BCUT2D eigenvalue weighted by molar-refractivity contribution is 0.00578. The van der Waals surface area contributed by atoms with Crippen molar-refractivity contribution in [3.8, 4) is 5.75 Å². The highest BCUT2D eigenvalue weighted by molar-refractivity contribution is 6.63. The second kappa shape index (κ2) is 4.40. The summed E-state index contributed by atoms with van der Waals surface area (Å²) < 4.78 is 17.2. The van der Waals surface area contributed by atoms with Gasteiger partial charge in [0.1, 0.15) is 10.8 Å². The fourth-order valence-electron chi connectivity index (χ4n) is 1.79. The minimum absolute atomic E-state index is 0.398. The number of nitrogens with zero attached hydrogens (tertiary/aromatic N) is 1. The van der Waals surface area contributed by atoms with Crippen molar-refractivity contribution >= 4 is 24.2 Å². The van der Waals surface area contributed by atoms with Gasteiger partial charge < -0.3 is 14.0 Å². The zero-order chi connectivity index (χ0) is 13.6. The van der Waals surface area contributed by atoms with E-state index in [-0.39, 0.29) is 0 Å². The summed E-state index contributed by atoms with van der Waals surface area (Å²) in [5, 5.41) is 0.449. The molecular formula is C12H17BClNO3. The number of aromatic nitrogens is 1. The molecule has 18 heavy (non-hydrogen) atoms. The predicted octanol–water partition coefficient (Wildman–Crippen LogP) is 2.04. The molecule has 0 atom stereocenters. The molecule has 0 saturated carbocycles. The van der Waals surface area contributed by atoms with Crippen LogP contribution >= 0.6 is 11.6 Å². The molecule has 6 heteroatoms. The van der Waals surface area contributed by atoms with Gasteiger partial charge >= 0.3 is 7.12 Å². The van der Waals surface area contributed by atoms with Crippen molar-refractivity contribution < 1.29 is 14.0 Å². The van der Waals surface area contributed by atoms with Crippen LogP contribution in [0.3, 0.4) is 0 Å². The third-order valence-electron chi connectivity index (χ3n) is 3.59. The third-order valence-corrected chi connectivity index (χ3v) is 3.86. The van der Waals surface area contributed by atoms with Crippen molar-refractivity contribution in [1.29, 1.82) is 0 Å². The van der Waals surface area contributed by atoms with Crippen molar-refractivity contribution in [1.82, 2.24) is 4.98 Å². The maximum atomic E-state index is 6.05. The van der Waals surface area contributed by atoms with Crippen molar-refractivity contribution in [3.05, 3.63) is 17.4 Å². The quantitative estimate of drug-likeness (QED) is 0.771. The second-order valence-corrected chi connectivity index (χ2v) is 5.74. The van der Waals surface area contributed by atoms with Gasteiger partial charge in [0.05, 0.1) is 18.3 Å². The van der Waals surface area contributed by atoms with Crippen LogP contribution in [-0.4, -0.2) is 30.4 Å². The van der Waals surface area contributed by atoms with Gasteiger partial charge in [-0.1, -0.05) is 11.6 Å². The van der Waals surface area contributed by atoms with E-state index in [9.17, 15) is 0 Å². The molecule has 98 valence electrons. The Morgan fingerprint density at radius 3 is 2.22 bits per heavy atom. The molecule has 0 bridgehead atoms. The zero-order valence-electron chi connectivity index (χ0n) is 11.3. The van der Waals surface area contributed by atoms with Crippen molar-refractivity contribution in [3.63, 3.8) is 0 Å². The minimum Gasteiger partial charge on any atom is -0.495 e. The molecule has 0 radical (unpaired) electrons. The first kappa shape index (κ1) is 13.7. The summed E-state index contributed by atoms with van der Waals surface area (Å²) in [6.45, 7) is 7.99. The average molecular weight is 270 g/mol. The first-order valence-electron chi connectivity index (χ1n) is 5.81. The monoisotopic (exact) mass is 269 g/mol. The van der Waals surface area contributed by atoms with E-state index in [1.807, 2.05) is 27.7 Å². The van der Waals surface area contributed by atoms with Gasteiger partial charge in [0.2, 0.25) is 0 Å². The van der Waals surface area contributed by atoms with E-state index in [1.54, 1.807) is 13.3 Å². The Kier molecular flexibility index (Phi) is 3.34. The average Bonchev–Trinajstić information content (AvgIpc) is 2.47. The highest BCUT2D eigenvalue weighted by Crippen LogP contribution is 2.37. The molecule has 2 rings (SSSR count). The van der Waals surface area contributed by atoms with Gasteiger partial charge in [0.25, 0.3) is 0 Å². The first-order valence-corrected chi connectivity index (χ1v) is 6.19. The molecule has 2 heterocycles. The van der Waals surface area contributed by atoms with Gasteiger partial charge in [-0.25, -0.2) is 0 Å². The SMILES string of the molecule is COc1c(Cl)cncc1B1OC(C)(C)C(C)(C)O1. The number of rotatable bonds is 2. The van der Waals surface area contributed by atoms with Crippen LogP contribution in [0.1, 0.15) is 27.7 Å². The van der Waals surface area contributed by atoms with Crippen LogP contribution in [-0.2, 0) is 9.31 Å². The van der Waals surface area contributed by atoms with E-state index < -0.39 is 18.3 Å². The molecule has 0 unspecified atom stereocenters. The summed E-state index contributed by atoms with van der Waals surface area (Å²) in [6, 6.07) is 0. The fraction of sp³-hybridized carbons (Fsp3) is 0.583. The summed E-state index contributed by atoms with van der Waals surface area (Å²) in [5.41, 5.74) is -0.0839. The van der Waals surface area contributed by atoms with Crippen LogP contribution in [0.5, 0.6) is 5.75 Å². The molecule has 1 aromatic rings. The van der Waals surface area contributed by atoms with Gasteiger partial charge in [0.15, 0.2) is 0 Å². The van der Waals surface area contributed by atoms with Crippen LogP contribution in [0.4, 0.5) is 0 Å². The lowest BCUT2D eigenvalue weighted by Crippen LogP contribution is -2.41. The standard InChI is InChI=1S/C12H17BClNO3/c1-11(2)12(3,4)18-13(17-11)8-6-15-7-9(14)10(8)16-5/h6-7H,1-5H3. The third kappa shape index (κ3) is 2.11. The molecule has 0 aromatic carbocycles. The van der Waals surface area contributed by atoms with Gasteiger partial charge in [-0.05, 0) is 27.7 Å². The summed E-state index contributed by atoms with van der Waals surface area (Å²) in [4.78, 5) is 4.06. The van der Waals surface area contributed by atoms with Crippen LogP contribution < -0.4 is 10.2 Å². The molecule has 0 aliphatic carbocycles. The largest absolute Gasteiger partial charge is 0.500 e. The van der Waals surface area contributed by atoms with Gasteiger partial charge in [-0.15, -0.1) is 0 Å². The van der Waals surface area contributed by atoms with E-state index in [4.69, 9.17) is 25.6 Å². The van der Waals surface area contributed by atoms with Gasteiger partial charge in [0, 0.05) is 17.9 Å². The molecule has 1 aliphatic rings. The summed E-state index contributed by atoms with van der Waals surface area (Å²) >= 11 is 6.05. The molecule has 1 aromatic heterocycles. The molecular weight excluding hydrogens is 252 g/mol. The van der Waals surface area contributed by atoms with Crippen LogP contribution in [0.2, 0.25) is 5.02 Å². The summed E-state index contributed by atoms with van der Waals surface area (Å²) in [6.07, 6.45) is 3.20. The van der Waals surface area contributed by atoms with Crippen molar-refractivity contribution in [2.45, 2.75) is 38.9 Å². The van der Waals surface area contributed by atoms with Crippen molar-refractivity contribution in [2.24, 2.45) is 0 Å². The maximum Gasteiger partial charge on any atom is 0.500 e. The Morgan fingerprint density at radius 1 is 1.17 bits per heavy atom. The fourth-order valence-corrected chi connectivity index (χ4v) is 2.03. The molecule has 1 aliphatic heterocycles. The normalized spacial score (nSPS) is 21.1. The van der Waals surface area contributed by atoms with Gasteiger partial charge in [-0.2, -0.15) is 0 Å². The molecule has 1 saturated heterocycles. The van der Waals surface area contributed by atoms with Crippen LogP contribution in [0, 0.1) is 0 Å². The first-order chi connectivity index (χ1) is 8.28. The molecule has 0 N–H and O–H groups in total.